The van der Waals surface area contributed by atoms with Crippen molar-refractivity contribution in [2.45, 2.75) is 26.0 Å². The maximum Gasteiger partial charge on any atom is 0.414 e. The van der Waals surface area contributed by atoms with Gasteiger partial charge >= 0.3 is 12.1 Å². The number of anilines is 1. The Kier molecular flexibility index (Phi) is 4.02. The molecule has 0 unspecified atom stereocenters. The number of rotatable bonds is 3. The van der Waals surface area contributed by atoms with Crippen molar-refractivity contribution in [3.05, 3.63) is 65.2 Å². The fourth-order valence-electron chi connectivity index (χ4n) is 2.83. The van der Waals surface area contributed by atoms with Crippen LogP contribution < -0.4 is 4.90 Å². The fourth-order valence-corrected chi connectivity index (χ4v) is 2.83. The summed E-state index contributed by atoms with van der Waals surface area (Å²) in [7, 11) is 0. The third-order valence-corrected chi connectivity index (χ3v) is 3.94. The van der Waals surface area contributed by atoms with Gasteiger partial charge < -0.3 is 9.84 Å². The lowest BCUT2D eigenvalue weighted by Gasteiger charge is -2.22. The lowest BCUT2D eigenvalue weighted by Crippen LogP contribution is -2.36. The number of hydrogen-bond donors (Lipinski definition) is 1. The van der Waals surface area contributed by atoms with Crippen molar-refractivity contribution in [2.24, 2.45) is 0 Å². The van der Waals surface area contributed by atoms with Crippen LogP contribution in [-0.2, 0) is 17.8 Å². The van der Waals surface area contributed by atoms with Gasteiger partial charge in [0.2, 0.25) is 0 Å². The number of carbonyl (C=O) groups excluding carboxylic acids is 1. The Bertz CT molecular complexity index is 742. The summed E-state index contributed by atoms with van der Waals surface area (Å²) in [5.74, 6) is -0.967. The number of fused-ring (bicyclic) bond motifs is 1. The molecule has 0 bridgehead atoms. The topological polar surface area (TPSA) is 66.8 Å². The van der Waals surface area contributed by atoms with Crippen LogP contribution in [0.25, 0.3) is 0 Å². The van der Waals surface area contributed by atoms with Crippen molar-refractivity contribution in [3.63, 3.8) is 0 Å². The van der Waals surface area contributed by atoms with Crippen molar-refractivity contribution in [1.82, 2.24) is 0 Å². The van der Waals surface area contributed by atoms with Crippen LogP contribution in [0.2, 0.25) is 0 Å². The Morgan fingerprint density at radius 2 is 1.96 bits per heavy atom. The Morgan fingerprint density at radius 1 is 1.22 bits per heavy atom. The molecule has 0 aromatic heterocycles. The van der Waals surface area contributed by atoms with Crippen LogP contribution in [0.15, 0.2) is 48.5 Å². The van der Waals surface area contributed by atoms with E-state index in [0.717, 1.165) is 16.8 Å². The molecule has 1 aliphatic heterocycles. The first-order valence-corrected chi connectivity index (χ1v) is 7.42. The van der Waals surface area contributed by atoms with Crippen molar-refractivity contribution in [2.75, 3.05) is 4.90 Å². The highest BCUT2D eigenvalue weighted by atomic mass is 16.6. The van der Waals surface area contributed by atoms with Gasteiger partial charge in [0.15, 0.2) is 0 Å². The third-order valence-electron chi connectivity index (χ3n) is 3.94. The summed E-state index contributed by atoms with van der Waals surface area (Å²) in [5, 5.41) is 9.06. The lowest BCUT2D eigenvalue weighted by molar-refractivity contribution is 0.0696. The van der Waals surface area contributed by atoms with E-state index < -0.39 is 12.1 Å². The van der Waals surface area contributed by atoms with Gasteiger partial charge in [0.05, 0.1) is 11.3 Å². The molecule has 0 aliphatic carbocycles. The van der Waals surface area contributed by atoms with Gasteiger partial charge in [0.1, 0.15) is 6.61 Å². The van der Waals surface area contributed by atoms with E-state index in [2.05, 4.69) is 0 Å². The fraction of sp³-hybridized carbons (Fsp3) is 0.222. The summed E-state index contributed by atoms with van der Waals surface area (Å²) in [6.07, 6.45) is 0.208. The normalized spacial score (nSPS) is 16.0. The second kappa shape index (κ2) is 6.12. The number of ether oxygens (including phenoxy) is 1. The SMILES string of the molecule is C[C@H]1Cc2cc(C(=O)O)ccc2N1C(=O)OCc1ccccc1. The zero-order valence-corrected chi connectivity index (χ0v) is 12.7. The van der Waals surface area contributed by atoms with Gasteiger partial charge in [-0.3, -0.25) is 4.90 Å². The maximum absolute atomic E-state index is 12.4. The number of carboxylic acids is 1. The van der Waals surface area contributed by atoms with Crippen LogP contribution in [0, 0.1) is 0 Å². The average Bonchev–Trinajstić information content (AvgIpc) is 2.88. The zero-order valence-electron chi connectivity index (χ0n) is 12.7. The first-order valence-electron chi connectivity index (χ1n) is 7.42. The number of hydrogen-bond acceptors (Lipinski definition) is 3. The largest absolute Gasteiger partial charge is 0.478 e. The Morgan fingerprint density at radius 3 is 2.65 bits per heavy atom. The molecule has 3 rings (SSSR count). The standard InChI is InChI=1S/C18H17NO4/c1-12-9-15-10-14(17(20)21)7-8-16(15)19(12)18(22)23-11-13-5-3-2-4-6-13/h2-8,10,12H,9,11H2,1H3,(H,20,21)/t12-/m0/s1. The molecule has 1 amide bonds. The van der Waals surface area contributed by atoms with Crippen molar-refractivity contribution in [3.8, 4) is 0 Å². The van der Waals surface area contributed by atoms with Gasteiger partial charge in [0.25, 0.3) is 0 Å². The minimum atomic E-state index is -0.967. The average molecular weight is 311 g/mol. The molecule has 0 spiro atoms. The van der Waals surface area contributed by atoms with Crippen molar-refractivity contribution >= 4 is 17.7 Å². The Labute approximate surface area is 134 Å². The maximum atomic E-state index is 12.4. The van der Waals surface area contributed by atoms with Crippen LogP contribution in [0.1, 0.15) is 28.4 Å². The van der Waals surface area contributed by atoms with Gasteiger partial charge in [-0.2, -0.15) is 0 Å². The van der Waals surface area contributed by atoms with E-state index in [-0.39, 0.29) is 18.2 Å². The van der Waals surface area contributed by atoms with E-state index in [1.165, 1.54) is 6.07 Å². The highest BCUT2D eigenvalue weighted by Crippen LogP contribution is 2.33. The van der Waals surface area contributed by atoms with E-state index in [1.807, 2.05) is 37.3 Å². The molecular formula is C18H17NO4. The predicted octanol–water partition coefficient (Wildman–Crippen LogP) is 3.47. The molecule has 0 saturated carbocycles. The molecular weight excluding hydrogens is 294 g/mol. The smallest absolute Gasteiger partial charge is 0.414 e. The van der Waals surface area contributed by atoms with Crippen molar-refractivity contribution < 1.29 is 19.4 Å². The number of benzene rings is 2. The summed E-state index contributed by atoms with van der Waals surface area (Å²) < 4.78 is 5.39. The number of nitrogens with zero attached hydrogens (tertiary/aromatic N) is 1. The Balaban J connectivity index is 1.76. The molecule has 0 radical (unpaired) electrons. The second-order valence-corrected chi connectivity index (χ2v) is 5.61. The molecule has 2 aromatic rings. The highest BCUT2D eigenvalue weighted by Gasteiger charge is 2.32. The molecule has 5 nitrogen and oxygen atoms in total. The van der Waals surface area contributed by atoms with E-state index in [1.54, 1.807) is 17.0 Å². The zero-order chi connectivity index (χ0) is 16.4. The molecule has 1 aliphatic rings. The lowest BCUT2D eigenvalue weighted by atomic mass is 10.1. The summed E-state index contributed by atoms with van der Waals surface area (Å²) >= 11 is 0. The second-order valence-electron chi connectivity index (χ2n) is 5.61. The first kappa shape index (κ1) is 15.1. The van der Waals surface area contributed by atoms with Gasteiger partial charge in [-0.15, -0.1) is 0 Å². The highest BCUT2D eigenvalue weighted by molar-refractivity contribution is 5.94. The molecule has 1 atom stereocenters. The van der Waals surface area contributed by atoms with Gasteiger partial charge in [-0.1, -0.05) is 30.3 Å². The summed E-state index contributed by atoms with van der Waals surface area (Å²) in [5.41, 5.74) is 2.74. The van der Waals surface area contributed by atoms with Crippen LogP contribution in [0.3, 0.4) is 0 Å². The third kappa shape index (κ3) is 3.04. The van der Waals surface area contributed by atoms with Gasteiger partial charge in [-0.05, 0) is 42.7 Å². The minimum absolute atomic E-state index is 0.0580. The molecule has 0 saturated heterocycles. The number of aromatic carboxylic acids is 1. The Hall–Kier alpha value is -2.82. The van der Waals surface area contributed by atoms with E-state index >= 15 is 0 Å². The van der Waals surface area contributed by atoms with E-state index in [0.29, 0.717) is 6.42 Å². The quantitative estimate of drug-likeness (QED) is 0.942. The van der Waals surface area contributed by atoms with Crippen LogP contribution >= 0.6 is 0 Å². The first-order chi connectivity index (χ1) is 11.1. The molecule has 2 aromatic carbocycles. The molecule has 23 heavy (non-hydrogen) atoms. The number of amides is 1. The van der Waals surface area contributed by atoms with Crippen LogP contribution in [0.5, 0.6) is 0 Å². The minimum Gasteiger partial charge on any atom is -0.478 e. The molecule has 5 heteroatoms. The molecule has 118 valence electrons. The number of carboxylic acid groups (broad SMARTS) is 1. The number of carbonyl (C=O) groups is 2. The monoisotopic (exact) mass is 311 g/mol. The van der Waals surface area contributed by atoms with Gasteiger partial charge in [0, 0.05) is 6.04 Å². The molecule has 0 fully saturated rings. The van der Waals surface area contributed by atoms with Crippen LogP contribution in [-0.4, -0.2) is 23.2 Å². The van der Waals surface area contributed by atoms with Gasteiger partial charge in [-0.25, -0.2) is 9.59 Å². The molecule has 1 heterocycles. The summed E-state index contributed by atoms with van der Waals surface area (Å²) in [6.45, 7) is 2.13. The van der Waals surface area contributed by atoms with Crippen LogP contribution in [0.4, 0.5) is 10.5 Å². The van der Waals surface area contributed by atoms with Crippen molar-refractivity contribution in [1.29, 1.82) is 0 Å². The van der Waals surface area contributed by atoms with E-state index in [9.17, 15) is 9.59 Å². The molecule has 1 N–H and O–H groups in total. The predicted molar refractivity (Wildman–Crippen MR) is 85.7 cm³/mol. The summed E-state index contributed by atoms with van der Waals surface area (Å²) in [6, 6.07) is 14.2. The summed E-state index contributed by atoms with van der Waals surface area (Å²) in [4.78, 5) is 25.0. The van der Waals surface area contributed by atoms with E-state index in [4.69, 9.17) is 9.84 Å².